The maximum atomic E-state index is 5.22. The monoisotopic (exact) mass is 492 g/mol. The van der Waals surface area contributed by atoms with E-state index in [0.29, 0.717) is 0 Å². The zero-order valence-electron chi connectivity index (χ0n) is 16.4. The van der Waals surface area contributed by atoms with Crippen LogP contribution in [-0.2, 0) is 11.3 Å². The largest absolute Gasteiger partial charge is 0.383 e. The Labute approximate surface area is 179 Å². The van der Waals surface area contributed by atoms with Gasteiger partial charge in [0.1, 0.15) is 0 Å². The Morgan fingerprint density at radius 3 is 2.69 bits per heavy atom. The highest BCUT2D eigenvalue weighted by atomic mass is 127. The molecule has 26 heavy (non-hydrogen) atoms. The molecule has 1 aliphatic rings. The number of aliphatic imine (C=N–C) groups is 1. The molecule has 0 spiro atoms. The minimum absolute atomic E-state index is 0. The fourth-order valence-corrected chi connectivity index (χ4v) is 3.55. The summed E-state index contributed by atoms with van der Waals surface area (Å²) < 4.78 is 5.22. The molecule has 2 N–H and O–H groups in total. The van der Waals surface area contributed by atoms with Crippen LogP contribution in [0.1, 0.15) is 24.0 Å². The molecule has 0 bridgehead atoms. The van der Waals surface area contributed by atoms with Gasteiger partial charge in [0.05, 0.1) is 6.61 Å². The van der Waals surface area contributed by atoms with E-state index in [-0.39, 0.29) is 24.0 Å². The Kier molecular flexibility index (Phi) is 11.6. The van der Waals surface area contributed by atoms with Crippen molar-refractivity contribution in [3.8, 4) is 0 Å². The number of thioether (sulfide) groups is 1. The van der Waals surface area contributed by atoms with Crippen LogP contribution in [0.3, 0.4) is 0 Å². The summed E-state index contributed by atoms with van der Waals surface area (Å²) >= 11 is 1.79. The van der Waals surface area contributed by atoms with Crippen LogP contribution in [-0.4, -0.2) is 63.6 Å². The average Bonchev–Trinajstić information content (AvgIpc) is 3.46. The van der Waals surface area contributed by atoms with Gasteiger partial charge in [0.15, 0.2) is 5.96 Å². The van der Waals surface area contributed by atoms with Crippen molar-refractivity contribution in [3.05, 3.63) is 29.3 Å². The number of ether oxygens (including phenoxy) is 1. The number of methoxy groups -OCH3 is 1. The molecule has 2 rings (SSSR count). The van der Waals surface area contributed by atoms with Crippen LogP contribution in [0.4, 0.5) is 0 Å². The number of nitrogens with zero attached hydrogens (tertiary/aromatic N) is 2. The fraction of sp³-hybridized carbons (Fsp3) is 0.632. The number of aryl methyl sites for hydroxylation is 1. The number of guanidine groups is 1. The Hall–Kier alpha value is -0.510. The topological polar surface area (TPSA) is 48.9 Å². The number of nitrogens with one attached hydrogen (secondary N) is 2. The minimum Gasteiger partial charge on any atom is -0.383 e. The highest BCUT2D eigenvalue weighted by Gasteiger charge is 2.28. The molecule has 0 unspecified atom stereocenters. The Bertz CT molecular complexity index is 566. The van der Waals surface area contributed by atoms with Gasteiger partial charge in [-0.3, -0.25) is 9.89 Å². The van der Waals surface area contributed by atoms with Crippen molar-refractivity contribution in [2.45, 2.75) is 37.2 Å². The Balaban J connectivity index is 0.00000338. The van der Waals surface area contributed by atoms with E-state index in [1.807, 2.05) is 7.05 Å². The third-order valence-corrected chi connectivity index (χ3v) is 5.27. The number of benzene rings is 1. The maximum Gasteiger partial charge on any atom is 0.191 e. The van der Waals surface area contributed by atoms with E-state index in [1.54, 1.807) is 18.9 Å². The molecule has 5 nitrogen and oxygen atoms in total. The second-order valence-corrected chi connectivity index (χ2v) is 7.28. The van der Waals surface area contributed by atoms with Gasteiger partial charge in [0.25, 0.3) is 0 Å². The summed E-state index contributed by atoms with van der Waals surface area (Å²) in [5, 5.41) is 6.85. The molecule has 0 radical (unpaired) electrons. The van der Waals surface area contributed by atoms with Crippen LogP contribution in [0.2, 0.25) is 0 Å². The van der Waals surface area contributed by atoms with Crippen LogP contribution >= 0.6 is 35.7 Å². The van der Waals surface area contributed by atoms with Gasteiger partial charge in [-0.1, -0.05) is 12.1 Å². The summed E-state index contributed by atoms with van der Waals surface area (Å²) in [4.78, 5) is 8.17. The van der Waals surface area contributed by atoms with Gasteiger partial charge in [-0.2, -0.15) is 0 Å². The van der Waals surface area contributed by atoms with E-state index in [4.69, 9.17) is 4.74 Å². The molecule has 1 aliphatic carbocycles. The second-order valence-electron chi connectivity index (χ2n) is 6.43. The minimum atomic E-state index is 0. The molecule has 0 aromatic heterocycles. The van der Waals surface area contributed by atoms with Crippen LogP contribution in [0.25, 0.3) is 0 Å². The van der Waals surface area contributed by atoms with Crippen molar-refractivity contribution < 1.29 is 4.74 Å². The summed E-state index contributed by atoms with van der Waals surface area (Å²) in [5.74, 6) is 0.857. The van der Waals surface area contributed by atoms with Crippen molar-refractivity contribution in [1.82, 2.24) is 15.5 Å². The fourth-order valence-electron chi connectivity index (χ4n) is 2.84. The average molecular weight is 492 g/mol. The van der Waals surface area contributed by atoms with Crippen LogP contribution < -0.4 is 10.6 Å². The lowest BCUT2D eigenvalue weighted by Gasteiger charge is -2.22. The van der Waals surface area contributed by atoms with Gasteiger partial charge in [0, 0.05) is 51.3 Å². The number of hydrogen-bond acceptors (Lipinski definition) is 4. The van der Waals surface area contributed by atoms with Gasteiger partial charge in [0.2, 0.25) is 0 Å². The highest BCUT2D eigenvalue weighted by Crippen LogP contribution is 2.26. The molecule has 0 aliphatic heterocycles. The first-order valence-electron chi connectivity index (χ1n) is 8.99. The van der Waals surface area contributed by atoms with E-state index in [2.05, 4.69) is 51.9 Å². The Morgan fingerprint density at radius 1 is 1.31 bits per heavy atom. The van der Waals surface area contributed by atoms with Crippen LogP contribution in [0, 0.1) is 6.92 Å². The Morgan fingerprint density at radius 2 is 2.08 bits per heavy atom. The van der Waals surface area contributed by atoms with Gasteiger partial charge >= 0.3 is 0 Å². The quantitative estimate of drug-likeness (QED) is 0.228. The second kappa shape index (κ2) is 12.8. The predicted octanol–water partition coefficient (Wildman–Crippen LogP) is 3.11. The number of rotatable bonds is 10. The molecule has 0 atom stereocenters. The molecule has 0 amide bonds. The lowest BCUT2D eigenvalue weighted by molar-refractivity contribution is 0.144. The van der Waals surface area contributed by atoms with Crippen LogP contribution in [0.5, 0.6) is 0 Å². The van der Waals surface area contributed by atoms with Gasteiger partial charge in [-0.15, -0.1) is 35.7 Å². The van der Waals surface area contributed by atoms with E-state index >= 15 is 0 Å². The summed E-state index contributed by atoms with van der Waals surface area (Å²) in [6, 6.07) is 7.35. The first kappa shape index (κ1) is 23.5. The van der Waals surface area contributed by atoms with Gasteiger partial charge in [-0.05, 0) is 43.2 Å². The van der Waals surface area contributed by atoms with E-state index in [1.165, 1.54) is 28.9 Å². The number of hydrogen-bond donors (Lipinski definition) is 2. The molecular weight excluding hydrogens is 459 g/mol. The van der Waals surface area contributed by atoms with E-state index in [0.717, 1.165) is 44.8 Å². The lowest BCUT2D eigenvalue weighted by atomic mass is 10.1. The summed E-state index contributed by atoms with van der Waals surface area (Å²) in [5.41, 5.74) is 2.60. The summed E-state index contributed by atoms with van der Waals surface area (Å²) in [7, 11) is 3.59. The van der Waals surface area contributed by atoms with Crippen LogP contribution in [0.15, 0.2) is 28.1 Å². The van der Waals surface area contributed by atoms with Crippen molar-refractivity contribution in [2.75, 3.05) is 46.7 Å². The first-order chi connectivity index (χ1) is 12.2. The third-order valence-electron chi connectivity index (χ3n) is 4.45. The smallest absolute Gasteiger partial charge is 0.191 e. The van der Waals surface area contributed by atoms with Crippen molar-refractivity contribution in [2.24, 2.45) is 4.99 Å². The predicted molar refractivity (Wildman–Crippen MR) is 123 cm³/mol. The van der Waals surface area contributed by atoms with Crippen molar-refractivity contribution in [1.29, 1.82) is 0 Å². The van der Waals surface area contributed by atoms with Crippen molar-refractivity contribution in [3.63, 3.8) is 0 Å². The molecule has 0 heterocycles. The van der Waals surface area contributed by atoms with Gasteiger partial charge < -0.3 is 15.4 Å². The van der Waals surface area contributed by atoms with E-state index in [9.17, 15) is 0 Å². The summed E-state index contributed by atoms with van der Waals surface area (Å²) in [6.45, 7) is 6.64. The standard InChI is InChI=1S/C19H32N4OS.HI/c1-15-5-6-16(18(13-15)25-4)14-22-19(20-2)21-9-10-23(11-12-24-3)17-7-8-17;/h5-6,13,17H,7-12,14H2,1-4H3,(H2,20,21,22);1H. The molecule has 1 fully saturated rings. The molecule has 1 aromatic carbocycles. The maximum absolute atomic E-state index is 5.22. The number of halogens is 1. The highest BCUT2D eigenvalue weighted by molar-refractivity contribution is 14.0. The van der Waals surface area contributed by atoms with Gasteiger partial charge in [-0.25, -0.2) is 0 Å². The molecule has 1 aromatic rings. The normalized spacial score (nSPS) is 14.3. The molecule has 1 saturated carbocycles. The SMILES string of the molecule is CN=C(NCCN(CCOC)C1CC1)NCc1ccc(C)cc1SC.I. The third kappa shape index (κ3) is 8.02. The van der Waals surface area contributed by atoms with Crippen molar-refractivity contribution >= 4 is 41.7 Å². The molecular formula is C19H33IN4OS. The molecule has 0 saturated heterocycles. The lowest BCUT2D eigenvalue weighted by Crippen LogP contribution is -2.42. The summed E-state index contributed by atoms with van der Waals surface area (Å²) in [6.07, 6.45) is 4.76. The molecule has 148 valence electrons. The zero-order valence-corrected chi connectivity index (χ0v) is 19.5. The van der Waals surface area contributed by atoms with E-state index < -0.39 is 0 Å². The zero-order chi connectivity index (χ0) is 18.1. The molecule has 7 heteroatoms. The first-order valence-corrected chi connectivity index (χ1v) is 10.2.